The van der Waals surface area contributed by atoms with Crippen LogP contribution in [0.15, 0.2) is 46.2 Å². The van der Waals surface area contributed by atoms with Crippen molar-refractivity contribution in [3.8, 4) is 0 Å². The highest BCUT2D eigenvalue weighted by Crippen LogP contribution is 2.43. The van der Waals surface area contributed by atoms with Crippen LogP contribution in [0.4, 0.5) is 4.39 Å². The molecule has 2 aromatic carbocycles. The molecule has 1 saturated heterocycles. The number of fused-ring (bicyclic) bond motifs is 2. The third-order valence-electron chi connectivity index (χ3n) is 5.82. The molecule has 2 atom stereocenters. The molecule has 0 spiro atoms. The van der Waals surface area contributed by atoms with Crippen LogP contribution in [-0.2, 0) is 20.7 Å². The van der Waals surface area contributed by atoms with Gasteiger partial charge < -0.3 is 14.4 Å². The topological polar surface area (TPSA) is 38.8 Å². The monoisotopic (exact) mass is 463 g/mol. The minimum atomic E-state index is -0.249. The summed E-state index contributed by atoms with van der Waals surface area (Å²) in [6.07, 6.45) is 2.38. The summed E-state index contributed by atoms with van der Waals surface area (Å²) in [6.45, 7) is 5.22. The van der Waals surface area contributed by atoms with Gasteiger partial charge >= 0.3 is 5.97 Å². The Labute approximate surface area is 192 Å². The number of halogens is 2. The normalized spacial score (nSPS) is 21.1. The van der Waals surface area contributed by atoms with Crippen LogP contribution in [0, 0.1) is 11.7 Å². The number of benzene rings is 2. The van der Waals surface area contributed by atoms with Crippen molar-refractivity contribution in [2.24, 2.45) is 5.92 Å². The molecule has 4 rings (SSSR count). The van der Waals surface area contributed by atoms with E-state index in [4.69, 9.17) is 21.1 Å². The zero-order valence-corrected chi connectivity index (χ0v) is 19.2. The minimum Gasteiger partial charge on any atom is -0.466 e. The number of esters is 1. The van der Waals surface area contributed by atoms with E-state index in [1.54, 1.807) is 17.8 Å². The maximum absolute atomic E-state index is 13.9. The summed E-state index contributed by atoms with van der Waals surface area (Å²) in [7, 11) is 0. The van der Waals surface area contributed by atoms with Gasteiger partial charge in [-0.05, 0) is 67.8 Å². The zero-order valence-electron chi connectivity index (χ0n) is 17.6. The molecule has 2 aliphatic rings. The second kappa shape index (κ2) is 10.3. The van der Waals surface area contributed by atoms with E-state index in [0.29, 0.717) is 31.2 Å². The third kappa shape index (κ3) is 5.61. The Hall–Kier alpha value is -1.60. The lowest BCUT2D eigenvalue weighted by molar-refractivity contribution is -0.150. The minimum absolute atomic E-state index is 0.0549. The SMILES string of the molecule is CCOC(=O)[C@@H]1CCCN(CCOC2Cc3cc(Cl)ccc3Sc3cc(F)ccc32)C1. The van der Waals surface area contributed by atoms with Gasteiger partial charge in [0.05, 0.1) is 25.2 Å². The van der Waals surface area contributed by atoms with E-state index >= 15 is 0 Å². The number of piperidine rings is 1. The molecule has 1 fully saturated rings. The number of hydrogen-bond donors (Lipinski definition) is 0. The van der Waals surface area contributed by atoms with Crippen molar-refractivity contribution in [1.29, 1.82) is 0 Å². The molecule has 2 aliphatic heterocycles. The predicted octanol–water partition coefficient (Wildman–Crippen LogP) is 5.52. The van der Waals surface area contributed by atoms with Crippen LogP contribution >= 0.6 is 23.4 Å². The van der Waals surface area contributed by atoms with Gasteiger partial charge in [-0.3, -0.25) is 4.79 Å². The van der Waals surface area contributed by atoms with Gasteiger partial charge in [0.15, 0.2) is 0 Å². The van der Waals surface area contributed by atoms with Gasteiger partial charge in [-0.1, -0.05) is 29.4 Å². The molecule has 1 unspecified atom stereocenters. The Morgan fingerprint density at radius 3 is 2.97 bits per heavy atom. The number of hydrogen-bond acceptors (Lipinski definition) is 5. The van der Waals surface area contributed by atoms with Gasteiger partial charge in [0.1, 0.15) is 5.82 Å². The molecule has 7 heteroatoms. The second-order valence-corrected chi connectivity index (χ2v) is 9.51. The first-order chi connectivity index (χ1) is 15.0. The molecule has 4 nitrogen and oxygen atoms in total. The fourth-order valence-electron chi connectivity index (χ4n) is 4.28. The highest BCUT2D eigenvalue weighted by atomic mass is 35.5. The number of nitrogens with zero attached hydrogens (tertiary/aromatic N) is 1. The van der Waals surface area contributed by atoms with Crippen molar-refractivity contribution in [2.45, 2.75) is 42.1 Å². The number of carbonyl (C=O) groups excluding carboxylic acids is 1. The summed E-state index contributed by atoms with van der Waals surface area (Å²) in [6, 6.07) is 10.7. The summed E-state index contributed by atoms with van der Waals surface area (Å²) >= 11 is 7.79. The first-order valence-electron chi connectivity index (χ1n) is 10.8. The lowest BCUT2D eigenvalue weighted by atomic mass is 9.98. The zero-order chi connectivity index (χ0) is 21.8. The molecule has 2 heterocycles. The van der Waals surface area contributed by atoms with Crippen LogP contribution in [0.1, 0.15) is 37.0 Å². The number of ether oxygens (including phenoxy) is 2. The molecular formula is C24H27ClFNO3S. The molecule has 0 aromatic heterocycles. The fourth-order valence-corrected chi connectivity index (χ4v) is 5.61. The molecular weight excluding hydrogens is 437 g/mol. The molecule has 0 saturated carbocycles. The maximum atomic E-state index is 13.9. The number of carbonyl (C=O) groups is 1. The second-order valence-electron chi connectivity index (χ2n) is 7.99. The van der Waals surface area contributed by atoms with E-state index in [9.17, 15) is 9.18 Å². The predicted molar refractivity (Wildman–Crippen MR) is 120 cm³/mol. The smallest absolute Gasteiger partial charge is 0.310 e. The lowest BCUT2D eigenvalue weighted by Gasteiger charge is -2.31. The van der Waals surface area contributed by atoms with Crippen LogP contribution in [-0.4, -0.2) is 43.7 Å². The highest BCUT2D eigenvalue weighted by Gasteiger charge is 2.28. The van der Waals surface area contributed by atoms with Crippen LogP contribution in [0.5, 0.6) is 0 Å². The summed E-state index contributed by atoms with van der Waals surface area (Å²) in [5.41, 5.74) is 2.11. The Kier molecular flexibility index (Phi) is 7.54. The average molecular weight is 464 g/mol. The van der Waals surface area contributed by atoms with E-state index < -0.39 is 0 Å². The summed E-state index contributed by atoms with van der Waals surface area (Å²) in [4.78, 5) is 16.3. The Morgan fingerprint density at radius 2 is 2.13 bits per heavy atom. The van der Waals surface area contributed by atoms with Crippen molar-refractivity contribution in [1.82, 2.24) is 4.90 Å². The Balaban J connectivity index is 1.43. The molecule has 0 radical (unpaired) electrons. The van der Waals surface area contributed by atoms with Gasteiger partial charge in [-0.25, -0.2) is 4.39 Å². The van der Waals surface area contributed by atoms with Gasteiger partial charge in [-0.15, -0.1) is 0 Å². The molecule has 0 bridgehead atoms. The van der Waals surface area contributed by atoms with E-state index in [2.05, 4.69) is 4.90 Å². The summed E-state index contributed by atoms with van der Waals surface area (Å²) in [5.74, 6) is -0.403. The van der Waals surface area contributed by atoms with Gasteiger partial charge in [0.25, 0.3) is 0 Å². The quantitative estimate of drug-likeness (QED) is 0.527. The molecule has 0 aliphatic carbocycles. The first kappa shape index (κ1) is 22.6. The average Bonchev–Trinajstić information content (AvgIpc) is 2.90. The van der Waals surface area contributed by atoms with Crippen molar-refractivity contribution in [3.63, 3.8) is 0 Å². The third-order valence-corrected chi connectivity index (χ3v) is 7.25. The van der Waals surface area contributed by atoms with Crippen molar-refractivity contribution >= 4 is 29.3 Å². The van der Waals surface area contributed by atoms with E-state index in [0.717, 1.165) is 46.8 Å². The standard InChI is InChI=1S/C24H27ClFNO3S/c1-2-29-24(28)16-4-3-9-27(15-16)10-11-30-21-13-17-12-18(25)5-8-22(17)31-23-14-19(26)6-7-20(21)23/h5-8,12,14,16,21H,2-4,9-11,13,15H2,1H3/t16-,21?/m1/s1. The Bertz CT molecular complexity index is 941. The summed E-state index contributed by atoms with van der Waals surface area (Å²) in [5, 5.41) is 0.688. The molecule has 31 heavy (non-hydrogen) atoms. The van der Waals surface area contributed by atoms with Gasteiger partial charge in [0.2, 0.25) is 0 Å². The highest BCUT2D eigenvalue weighted by molar-refractivity contribution is 7.99. The van der Waals surface area contributed by atoms with E-state index in [1.807, 2.05) is 31.2 Å². The van der Waals surface area contributed by atoms with Crippen LogP contribution in [0.2, 0.25) is 5.02 Å². The summed E-state index contributed by atoms with van der Waals surface area (Å²) < 4.78 is 25.5. The van der Waals surface area contributed by atoms with Crippen LogP contribution in [0.25, 0.3) is 0 Å². The van der Waals surface area contributed by atoms with Crippen molar-refractivity contribution < 1.29 is 18.7 Å². The van der Waals surface area contributed by atoms with Crippen molar-refractivity contribution in [2.75, 3.05) is 32.8 Å². The number of rotatable bonds is 6. The number of likely N-dealkylation sites (tertiary alicyclic amines) is 1. The van der Waals surface area contributed by atoms with Crippen molar-refractivity contribution in [3.05, 3.63) is 58.4 Å². The largest absolute Gasteiger partial charge is 0.466 e. The molecule has 166 valence electrons. The Morgan fingerprint density at radius 1 is 1.26 bits per heavy atom. The van der Waals surface area contributed by atoms with Crippen LogP contribution < -0.4 is 0 Å². The fraction of sp³-hybridized carbons (Fsp3) is 0.458. The lowest BCUT2D eigenvalue weighted by Crippen LogP contribution is -2.41. The van der Waals surface area contributed by atoms with E-state index in [-0.39, 0.29) is 23.8 Å². The van der Waals surface area contributed by atoms with Gasteiger partial charge in [-0.2, -0.15) is 0 Å². The molecule has 0 amide bonds. The van der Waals surface area contributed by atoms with Crippen LogP contribution in [0.3, 0.4) is 0 Å². The maximum Gasteiger partial charge on any atom is 0.310 e. The first-order valence-corrected chi connectivity index (χ1v) is 12.0. The van der Waals surface area contributed by atoms with E-state index in [1.165, 1.54) is 6.07 Å². The molecule has 0 N–H and O–H groups in total. The molecule has 2 aromatic rings. The van der Waals surface area contributed by atoms with Gasteiger partial charge in [0, 0.05) is 34.3 Å².